The number of aromatic nitrogens is 3. The Hall–Kier alpha value is -2.64. The number of rotatable bonds is 5. The molecule has 2 aromatic rings. The van der Waals surface area contributed by atoms with Gasteiger partial charge in [0, 0.05) is 36.7 Å². The van der Waals surface area contributed by atoms with Gasteiger partial charge in [-0.2, -0.15) is 5.10 Å². The SMILES string of the molecule is CCn1ncc2c(NC3CCCCC3)c(C3=NOC4(CCC(C(=O)[O-])CC4)C3)cnc21. The lowest BCUT2D eigenvalue weighted by molar-refractivity contribution is -0.313. The fourth-order valence-corrected chi connectivity index (χ4v) is 5.40. The number of carbonyl (C=O) groups excluding carboxylic acids is 1. The number of carbonyl (C=O) groups is 1. The van der Waals surface area contributed by atoms with Gasteiger partial charge in [-0.05, 0) is 51.4 Å². The summed E-state index contributed by atoms with van der Waals surface area (Å²) in [5.41, 5.74) is 3.41. The van der Waals surface area contributed by atoms with Crippen LogP contribution >= 0.6 is 0 Å². The number of nitrogens with one attached hydrogen (secondary N) is 1. The smallest absolute Gasteiger partial charge is 0.159 e. The molecule has 166 valence electrons. The summed E-state index contributed by atoms with van der Waals surface area (Å²) in [6.07, 6.45) is 13.2. The van der Waals surface area contributed by atoms with Crippen LogP contribution < -0.4 is 10.4 Å². The van der Waals surface area contributed by atoms with Crippen LogP contribution in [0.3, 0.4) is 0 Å². The molecule has 0 saturated heterocycles. The number of carboxylic acid groups (broad SMARTS) is 1. The normalized spacial score (nSPS) is 26.7. The molecule has 2 fully saturated rings. The zero-order valence-electron chi connectivity index (χ0n) is 18.1. The van der Waals surface area contributed by atoms with Gasteiger partial charge in [-0.25, -0.2) is 9.67 Å². The molecule has 0 atom stereocenters. The fourth-order valence-electron chi connectivity index (χ4n) is 5.40. The molecule has 2 aromatic heterocycles. The van der Waals surface area contributed by atoms with Gasteiger partial charge >= 0.3 is 0 Å². The largest absolute Gasteiger partial charge is 0.550 e. The molecule has 1 N–H and O–H groups in total. The minimum atomic E-state index is -0.949. The van der Waals surface area contributed by atoms with E-state index in [2.05, 4.69) is 22.5 Å². The summed E-state index contributed by atoms with van der Waals surface area (Å²) in [4.78, 5) is 21.9. The van der Waals surface area contributed by atoms with E-state index in [4.69, 9.17) is 9.82 Å². The molecular weight excluding hydrogens is 394 g/mol. The maximum absolute atomic E-state index is 11.2. The molecule has 2 aliphatic carbocycles. The zero-order valence-corrected chi connectivity index (χ0v) is 18.1. The Morgan fingerprint density at radius 3 is 2.71 bits per heavy atom. The first-order chi connectivity index (χ1) is 15.1. The van der Waals surface area contributed by atoms with Crippen molar-refractivity contribution in [1.82, 2.24) is 14.8 Å². The molecule has 3 aliphatic rings. The van der Waals surface area contributed by atoms with Crippen molar-refractivity contribution in [3.63, 3.8) is 0 Å². The van der Waals surface area contributed by atoms with Gasteiger partial charge in [-0.15, -0.1) is 0 Å². The minimum absolute atomic E-state index is 0.375. The number of aryl methyl sites for hydroxylation is 1. The van der Waals surface area contributed by atoms with Crippen LogP contribution in [0, 0.1) is 5.92 Å². The van der Waals surface area contributed by atoms with Crippen molar-refractivity contribution in [2.45, 2.75) is 89.3 Å². The number of hydrogen-bond donors (Lipinski definition) is 1. The molecule has 2 saturated carbocycles. The van der Waals surface area contributed by atoms with Crippen LogP contribution in [0.4, 0.5) is 5.69 Å². The van der Waals surface area contributed by atoms with E-state index in [0.29, 0.717) is 38.1 Å². The predicted molar refractivity (Wildman–Crippen MR) is 116 cm³/mol. The molecule has 5 rings (SSSR count). The lowest BCUT2D eigenvalue weighted by atomic mass is 9.76. The molecule has 1 aliphatic heterocycles. The molecule has 3 heterocycles. The van der Waals surface area contributed by atoms with E-state index in [1.54, 1.807) is 0 Å². The number of hydrogen-bond acceptors (Lipinski definition) is 7. The van der Waals surface area contributed by atoms with Gasteiger partial charge in [0.2, 0.25) is 0 Å². The number of aliphatic carboxylic acids is 1. The highest BCUT2D eigenvalue weighted by Gasteiger charge is 2.43. The molecule has 31 heavy (non-hydrogen) atoms. The third-order valence-corrected chi connectivity index (χ3v) is 7.30. The maximum atomic E-state index is 11.2. The second kappa shape index (κ2) is 8.13. The standard InChI is InChI=1S/C23H31N5O3/c1-2-28-21-18(14-25-28)20(26-16-6-4-3-5-7-16)17(13-24-21)19-12-23(31-27-19)10-8-15(9-11-23)22(29)30/h13-16H,2-12H2,1H3,(H,24,26)(H,29,30)/p-1. The average molecular weight is 425 g/mol. The second-order valence-electron chi connectivity index (χ2n) is 9.31. The number of fused-ring (bicyclic) bond motifs is 1. The van der Waals surface area contributed by atoms with Crippen molar-refractivity contribution < 1.29 is 14.7 Å². The average Bonchev–Trinajstić information content (AvgIpc) is 3.39. The summed E-state index contributed by atoms with van der Waals surface area (Å²) in [6.45, 7) is 2.84. The minimum Gasteiger partial charge on any atom is -0.550 e. The topological polar surface area (TPSA) is 104 Å². The van der Waals surface area contributed by atoms with Crippen molar-refractivity contribution in [1.29, 1.82) is 0 Å². The van der Waals surface area contributed by atoms with Gasteiger partial charge in [-0.1, -0.05) is 24.4 Å². The van der Waals surface area contributed by atoms with Crippen molar-refractivity contribution in [2.24, 2.45) is 11.1 Å². The van der Waals surface area contributed by atoms with E-state index in [-0.39, 0.29) is 5.92 Å². The van der Waals surface area contributed by atoms with Crippen LogP contribution in [0.2, 0.25) is 0 Å². The lowest BCUT2D eigenvalue weighted by Gasteiger charge is -2.35. The molecule has 0 bridgehead atoms. The van der Waals surface area contributed by atoms with Gasteiger partial charge in [0.15, 0.2) is 5.65 Å². The number of oxime groups is 1. The van der Waals surface area contributed by atoms with E-state index in [9.17, 15) is 9.90 Å². The van der Waals surface area contributed by atoms with Gasteiger partial charge in [0.1, 0.15) is 5.60 Å². The Kier molecular flexibility index (Phi) is 5.32. The van der Waals surface area contributed by atoms with Gasteiger partial charge < -0.3 is 20.1 Å². The van der Waals surface area contributed by atoms with Crippen molar-refractivity contribution in [3.05, 3.63) is 18.0 Å². The van der Waals surface area contributed by atoms with Gasteiger partial charge in [-0.3, -0.25) is 0 Å². The molecular formula is C23H30N5O3-. The highest BCUT2D eigenvalue weighted by molar-refractivity contribution is 6.10. The third-order valence-electron chi connectivity index (χ3n) is 7.30. The molecule has 0 aromatic carbocycles. The maximum Gasteiger partial charge on any atom is 0.159 e. The van der Waals surface area contributed by atoms with Crippen LogP contribution in [0.25, 0.3) is 11.0 Å². The van der Waals surface area contributed by atoms with E-state index in [1.807, 2.05) is 17.1 Å². The molecule has 8 nitrogen and oxygen atoms in total. The fraction of sp³-hybridized carbons (Fsp3) is 0.652. The zero-order chi connectivity index (χ0) is 21.4. The molecule has 0 amide bonds. The second-order valence-corrected chi connectivity index (χ2v) is 9.31. The Balaban J connectivity index is 1.44. The molecule has 0 unspecified atom stereocenters. The summed E-state index contributed by atoms with van der Waals surface area (Å²) in [5, 5.41) is 25.1. The molecule has 0 radical (unpaired) electrons. The number of nitrogens with zero attached hydrogens (tertiary/aromatic N) is 4. The Morgan fingerprint density at radius 1 is 1.23 bits per heavy atom. The first-order valence-electron chi connectivity index (χ1n) is 11.7. The molecule has 1 spiro atoms. The lowest BCUT2D eigenvalue weighted by Crippen LogP contribution is -2.40. The number of pyridine rings is 1. The summed E-state index contributed by atoms with van der Waals surface area (Å²) >= 11 is 0. The van der Waals surface area contributed by atoms with Crippen molar-refractivity contribution >= 4 is 28.4 Å². The first-order valence-corrected chi connectivity index (χ1v) is 11.7. The van der Waals surface area contributed by atoms with Crippen LogP contribution in [0.5, 0.6) is 0 Å². The van der Waals surface area contributed by atoms with Crippen LogP contribution in [0.1, 0.15) is 76.7 Å². The van der Waals surface area contributed by atoms with E-state index in [1.165, 1.54) is 32.1 Å². The van der Waals surface area contributed by atoms with Crippen molar-refractivity contribution in [3.8, 4) is 0 Å². The van der Waals surface area contributed by atoms with Crippen molar-refractivity contribution in [2.75, 3.05) is 5.32 Å². The highest BCUT2D eigenvalue weighted by Crippen LogP contribution is 2.43. The summed E-state index contributed by atoms with van der Waals surface area (Å²) in [7, 11) is 0. The van der Waals surface area contributed by atoms with Gasteiger partial charge in [0.25, 0.3) is 0 Å². The Morgan fingerprint density at radius 2 is 2.00 bits per heavy atom. The quantitative estimate of drug-likeness (QED) is 0.791. The number of carboxylic acids is 1. The summed E-state index contributed by atoms with van der Waals surface area (Å²) in [5.74, 6) is -1.32. The predicted octanol–water partition coefficient (Wildman–Crippen LogP) is 3.00. The summed E-state index contributed by atoms with van der Waals surface area (Å²) < 4.78 is 1.92. The van der Waals surface area contributed by atoms with E-state index < -0.39 is 11.6 Å². The number of anilines is 1. The third kappa shape index (κ3) is 3.77. The van der Waals surface area contributed by atoms with Crippen LogP contribution in [0.15, 0.2) is 17.5 Å². The van der Waals surface area contributed by atoms with E-state index in [0.717, 1.165) is 34.5 Å². The Bertz CT molecular complexity index is 1000. The highest BCUT2D eigenvalue weighted by atomic mass is 16.7. The van der Waals surface area contributed by atoms with Crippen LogP contribution in [-0.2, 0) is 16.2 Å². The van der Waals surface area contributed by atoms with Crippen LogP contribution in [-0.4, -0.2) is 38.1 Å². The Labute approximate surface area is 182 Å². The van der Waals surface area contributed by atoms with E-state index >= 15 is 0 Å². The first kappa shape index (κ1) is 20.3. The monoisotopic (exact) mass is 424 g/mol. The molecule has 8 heteroatoms. The summed E-state index contributed by atoms with van der Waals surface area (Å²) in [6, 6.07) is 0.443. The van der Waals surface area contributed by atoms with Gasteiger partial charge in [0.05, 0.1) is 23.0 Å².